The van der Waals surface area contributed by atoms with Gasteiger partial charge in [0.15, 0.2) is 0 Å². The lowest BCUT2D eigenvalue weighted by Crippen LogP contribution is -2.32. The van der Waals surface area contributed by atoms with Crippen LogP contribution in [0.1, 0.15) is 15.9 Å². The van der Waals surface area contributed by atoms with Crippen molar-refractivity contribution in [2.75, 3.05) is 11.9 Å². The molecule has 0 saturated carbocycles. The molecular weight excluding hydrogens is 491 g/mol. The van der Waals surface area contributed by atoms with Crippen LogP contribution in [0.25, 0.3) is 0 Å². The molecule has 0 heterocycles. The molecule has 0 unspecified atom stereocenters. The zero-order valence-electron chi connectivity index (χ0n) is 16.9. The SMILES string of the molecule is O=C(CNC(=O)OCc1ccccc1)Oc1ccc(Cl)cc1C(=O)Nc1ccc(Cl)c(Cl)c1. The Morgan fingerprint density at radius 3 is 2.33 bits per heavy atom. The van der Waals surface area contributed by atoms with Crippen molar-refractivity contribution >= 4 is 58.5 Å². The molecule has 170 valence electrons. The van der Waals surface area contributed by atoms with Gasteiger partial charge in [-0.1, -0.05) is 65.1 Å². The van der Waals surface area contributed by atoms with Gasteiger partial charge in [-0.3, -0.25) is 4.79 Å². The number of benzene rings is 3. The molecule has 10 heteroatoms. The maximum absolute atomic E-state index is 12.7. The second-order valence-electron chi connectivity index (χ2n) is 6.61. The van der Waals surface area contributed by atoms with E-state index in [1.807, 2.05) is 18.2 Å². The van der Waals surface area contributed by atoms with Crippen LogP contribution in [0.15, 0.2) is 66.7 Å². The number of alkyl carbamates (subject to hydrolysis) is 1. The predicted molar refractivity (Wildman–Crippen MR) is 126 cm³/mol. The summed E-state index contributed by atoms with van der Waals surface area (Å²) in [5, 5.41) is 5.78. The topological polar surface area (TPSA) is 93.7 Å². The lowest BCUT2D eigenvalue weighted by molar-refractivity contribution is -0.133. The maximum atomic E-state index is 12.7. The van der Waals surface area contributed by atoms with E-state index in [4.69, 9.17) is 44.3 Å². The molecule has 0 aliphatic heterocycles. The lowest BCUT2D eigenvalue weighted by atomic mass is 10.1. The summed E-state index contributed by atoms with van der Waals surface area (Å²) in [4.78, 5) is 36.7. The molecule has 0 atom stereocenters. The van der Waals surface area contributed by atoms with Gasteiger partial charge < -0.3 is 20.1 Å². The van der Waals surface area contributed by atoms with Crippen LogP contribution >= 0.6 is 34.8 Å². The van der Waals surface area contributed by atoms with Gasteiger partial charge in [0.2, 0.25) is 0 Å². The van der Waals surface area contributed by atoms with Crippen LogP contribution in [0.2, 0.25) is 15.1 Å². The highest BCUT2D eigenvalue weighted by molar-refractivity contribution is 6.42. The summed E-state index contributed by atoms with van der Waals surface area (Å²) in [6, 6.07) is 17.8. The van der Waals surface area contributed by atoms with Gasteiger partial charge >= 0.3 is 12.1 Å². The Morgan fingerprint density at radius 2 is 1.61 bits per heavy atom. The molecule has 2 N–H and O–H groups in total. The minimum absolute atomic E-state index is 0.00794. The molecule has 0 aliphatic carbocycles. The molecule has 0 bridgehead atoms. The van der Waals surface area contributed by atoms with Crippen LogP contribution in [-0.4, -0.2) is 24.5 Å². The fraction of sp³-hybridized carbons (Fsp3) is 0.0870. The molecule has 3 rings (SSSR count). The second kappa shape index (κ2) is 11.6. The quantitative estimate of drug-likeness (QED) is 0.315. The van der Waals surface area contributed by atoms with Gasteiger partial charge in [-0.2, -0.15) is 0 Å². The minimum atomic E-state index is -0.808. The van der Waals surface area contributed by atoms with E-state index in [0.717, 1.165) is 5.56 Å². The molecule has 0 radical (unpaired) electrons. The molecule has 7 nitrogen and oxygen atoms in total. The third kappa shape index (κ3) is 7.39. The van der Waals surface area contributed by atoms with Gasteiger partial charge in [0.05, 0.1) is 15.6 Å². The fourth-order valence-corrected chi connectivity index (χ4v) is 3.09. The normalized spacial score (nSPS) is 10.3. The number of hydrogen-bond acceptors (Lipinski definition) is 5. The number of carbonyl (C=O) groups is 3. The predicted octanol–water partition coefficient (Wildman–Crippen LogP) is 5.73. The first-order valence-electron chi connectivity index (χ1n) is 9.53. The molecule has 3 aromatic rings. The zero-order valence-corrected chi connectivity index (χ0v) is 19.2. The monoisotopic (exact) mass is 506 g/mol. The van der Waals surface area contributed by atoms with Gasteiger partial charge in [0.1, 0.15) is 18.9 Å². The highest BCUT2D eigenvalue weighted by atomic mass is 35.5. The summed E-state index contributed by atoms with van der Waals surface area (Å²) in [7, 11) is 0. The van der Waals surface area contributed by atoms with Gasteiger partial charge in [0.25, 0.3) is 5.91 Å². The van der Waals surface area contributed by atoms with E-state index >= 15 is 0 Å². The number of halogens is 3. The summed E-state index contributed by atoms with van der Waals surface area (Å²) in [6.45, 7) is -0.415. The van der Waals surface area contributed by atoms with Gasteiger partial charge in [0, 0.05) is 10.7 Å². The number of carbonyl (C=O) groups excluding carboxylic acids is 3. The Morgan fingerprint density at radius 1 is 0.848 bits per heavy atom. The second-order valence-corrected chi connectivity index (χ2v) is 7.86. The number of nitrogens with one attached hydrogen (secondary N) is 2. The number of ether oxygens (including phenoxy) is 2. The lowest BCUT2D eigenvalue weighted by Gasteiger charge is -2.12. The van der Waals surface area contributed by atoms with Crippen molar-refractivity contribution in [3.05, 3.63) is 92.9 Å². The summed E-state index contributed by atoms with van der Waals surface area (Å²) in [6.07, 6.45) is -0.788. The van der Waals surface area contributed by atoms with E-state index in [9.17, 15) is 14.4 Å². The van der Waals surface area contributed by atoms with E-state index in [1.165, 1.54) is 30.3 Å². The Labute approximate surface area is 204 Å². The van der Waals surface area contributed by atoms with Gasteiger partial charge in [-0.15, -0.1) is 0 Å². The molecule has 0 spiro atoms. The fourth-order valence-electron chi connectivity index (χ4n) is 2.62. The minimum Gasteiger partial charge on any atom is -0.445 e. The number of hydrogen-bond donors (Lipinski definition) is 2. The van der Waals surface area contributed by atoms with Crippen LogP contribution in [0.3, 0.4) is 0 Å². The summed E-state index contributed by atoms with van der Waals surface area (Å²) < 4.78 is 10.3. The first kappa shape index (κ1) is 24.4. The van der Waals surface area contributed by atoms with Crippen LogP contribution in [-0.2, 0) is 16.1 Å². The smallest absolute Gasteiger partial charge is 0.407 e. The average molecular weight is 508 g/mol. The molecule has 0 aromatic heterocycles. The maximum Gasteiger partial charge on any atom is 0.407 e. The average Bonchev–Trinajstić information content (AvgIpc) is 2.80. The molecule has 2 amide bonds. The summed E-state index contributed by atoms with van der Waals surface area (Å²) in [5.74, 6) is -1.44. The third-order valence-corrected chi connectivity index (χ3v) is 5.15. The zero-order chi connectivity index (χ0) is 23.8. The molecule has 0 aliphatic rings. The van der Waals surface area contributed by atoms with Crippen molar-refractivity contribution in [1.29, 1.82) is 0 Å². The highest BCUT2D eigenvalue weighted by Crippen LogP contribution is 2.27. The molecular formula is C23H17Cl3N2O5. The molecule has 3 aromatic carbocycles. The van der Waals surface area contributed by atoms with Crippen molar-refractivity contribution in [2.24, 2.45) is 0 Å². The van der Waals surface area contributed by atoms with Crippen molar-refractivity contribution in [3.63, 3.8) is 0 Å². The van der Waals surface area contributed by atoms with E-state index in [1.54, 1.807) is 18.2 Å². The summed E-state index contributed by atoms with van der Waals surface area (Å²) >= 11 is 17.9. The largest absolute Gasteiger partial charge is 0.445 e. The Hall–Kier alpha value is -3.26. The van der Waals surface area contributed by atoms with E-state index < -0.39 is 24.5 Å². The third-order valence-electron chi connectivity index (χ3n) is 4.18. The number of anilines is 1. The molecule has 0 saturated heterocycles. The van der Waals surface area contributed by atoms with Crippen LogP contribution in [0.5, 0.6) is 5.75 Å². The first-order valence-corrected chi connectivity index (χ1v) is 10.7. The number of rotatable bonds is 7. The van der Waals surface area contributed by atoms with Crippen LogP contribution < -0.4 is 15.4 Å². The van der Waals surface area contributed by atoms with E-state index in [2.05, 4.69) is 10.6 Å². The number of amides is 2. The van der Waals surface area contributed by atoms with Crippen molar-refractivity contribution < 1.29 is 23.9 Å². The Balaban J connectivity index is 1.58. The Kier molecular flexibility index (Phi) is 8.54. The van der Waals surface area contributed by atoms with Crippen molar-refractivity contribution in [3.8, 4) is 5.75 Å². The van der Waals surface area contributed by atoms with Crippen LogP contribution in [0, 0.1) is 0 Å². The highest BCUT2D eigenvalue weighted by Gasteiger charge is 2.18. The molecule has 0 fully saturated rings. The van der Waals surface area contributed by atoms with Crippen molar-refractivity contribution in [2.45, 2.75) is 6.61 Å². The molecule has 33 heavy (non-hydrogen) atoms. The standard InChI is InChI=1S/C23H17Cl3N2O5/c24-15-6-9-20(17(10-15)22(30)28-16-7-8-18(25)19(26)11-16)33-21(29)12-27-23(31)32-13-14-4-2-1-3-5-14/h1-11H,12-13H2,(H,27,31)(H,28,30). The summed E-state index contributed by atoms with van der Waals surface area (Å²) in [5.41, 5.74) is 1.19. The van der Waals surface area contributed by atoms with E-state index in [-0.39, 0.29) is 28.0 Å². The first-order chi connectivity index (χ1) is 15.8. The van der Waals surface area contributed by atoms with Crippen molar-refractivity contribution in [1.82, 2.24) is 5.32 Å². The van der Waals surface area contributed by atoms with Gasteiger partial charge in [-0.25, -0.2) is 9.59 Å². The van der Waals surface area contributed by atoms with Gasteiger partial charge in [-0.05, 0) is 42.0 Å². The number of esters is 1. The Bertz CT molecular complexity index is 1170. The van der Waals surface area contributed by atoms with E-state index in [0.29, 0.717) is 10.7 Å². The van der Waals surface area contributed by atoms with Crippen LogP contribution in [0.4, 0.5) is 10.5 Å².